The average Bonchev–Trinajstić information content (AvgIpc) is 3.53. The largest absolute Gasteiger partial charge is 0.493 e. The topological polar surface area (TPSA) is 79.9 Å². The number of pyridine rings is 2. The van der Waals surface area contributed by atoms with Crippen molar-refractivity contribution in [1.82, 2.24) is 29.1 Å². The predicted octanol–water partition coefficient (Wildman–Crippen LogP) is 5.01. The Kier molecular flexibility index (Phi) is 5.64. The fraction of sp³-hybridized carbons (Fsp3) is 0.286. The van der Waals surface area contributed by atoms with Crippen LogP contribution in [0.4, 0.5) is 0 Å². The Morgan fingerprint density at radius 1 is 1.08 bits per heavy atom. The Labute approximate surface area is 209 Å². The number of hydrogen-bond donors (Lipinski definition) is 0. The summed E-state index contributed by atoms with van der Waals surface area (Å²) in [5.41, 5.74) is 7.11. The van der Waals surface area contributed by atoms with Gasteiger partial charge >= 0.3 is 0 Å². The van der Waals surface area contributed by atoms with Crippen molar-refractivity contribution in [3.05, 3.63) is 89.7 Å². The second kappa shape index (κ2) is 9.11. The van der Waals surface area contributed by atoms with Gasteiger partial charge in [0.2, 0.25) is 0 Å². The lowest BCUT2D eigenvalue weighted by Gasteiger charge is -2.28. The predicted molar refractivity (Wildman–Crippen MR) is 137 cm³/mol. The Balaban J connectivity index is 1.26. The van der Waals surface area contributed by atoms with Crippen LogP contribution in [0.2, 0.25) is 0 Å². The van der Waals surface area contributed by atoms with E-state index in [1.807, 2.05) is 42.5 Å². The molecular formula is C28H28N6O2. The van der Waals surface area contributed by atoms with E-state index in [-0.39, 0.29) is 6.10 Å². The van der Waals surface area contributed by atoms with Gasteiger partial charge in [0.1, 0.15) is 17.4 Å². The van der Waals surface area contributed by atoms with Gasteiger partial charge in [-0.15, -0.1) is 0 Å². The summed E-state index contributed by atoms with van der Waals surface area (Å²) in [6.45, 7) is 4.72. The van der Waals surface area contributed by atoms with Gasteiger partial charge in [0.25, 0.3) is 0 Å². The normalized spacial score (nSPS) is 15.0. The van der Waals surface area contributed by atoms with E-state index in [0.717, 1.165) is 75.8 Å². The van der Waals surface area contributed by atoms with E-state index in [1.165, 1.54) is 0 Å². The lowest BCUT2D eigenvalue weighted by Crippen LogP contribution is -2.17. The van der Waals surface area contributed by atoms with Crippen LogP contribution in [0.25, 0.3) is 16.9 Å². The molecule has 0 spiro atoms. The molecule has 8 nitrogen and oxygen atoms in total. The van der Waals surface area contributed by atoms with Gasteiger partial charge in [-0.3, -0.25) is 4.98 Å². The van der Waals surface area contributed by atoms with Crippen LogP contribution >= 0.6 is 0 Å². The third kappa shape index (κ3) is 3.98. The maximum Gasteiger partial charge on any atom is 0.165 e. The van der Waals surface area contributed by atoms with Crippen molar-refractivity contribution >= 4 is 11.2 Å². The van der Waals surface area contributed by atoms with Crippen LogP contribution in [0.3, 0.4) is 0 Å². The van der Waals surface area contributed by atoms with E-state index in [0.29, 0.717) is 6.54 Å². The van der Waals surface area contributed by atoms with Crippen molar-refractivity contribution in [1.29, 1.82) is 0 Å². The molecule has 0 amide bonds. The van der Waals surface area contributed by atoms with Crippen LogP contribution in [-0.2, 0) is 19.4 Å². The Bertz CT molecular complexity index is 1520. The average molecular weight is 481 g/mol. The molecule has 36 heavy (non-hydrogen) atoms. The molecule has 0 saturated carbocycles. The highest BCUT2D eigenvalue weighted by Gasteiger charge is 2.25. The van der Waals surface area contributed by atoms with Gasteiger partial charge in [-0.05, 0) is 55.5 Å². The summed E-state index contributed by atoms with van der Waals surface area (Å²) in [4.78, 5) is 18.2. The zero-order valence-electron chi connectivity index (χ0n) is 20.7. The van der Waals surface area contributed by atoms with Gasteiger partial charge in [-0.25, -0.2) is 15.0 Å². The number of benzene rings is 1. The highest BCUT2D eigenvalue weighted by molar-refractivity contribution is 5.73. The number of imidazole rings is 2. The molecule has 1 aliphatic heterocycles. The van der Waals surface area contributed by atoms with Crippen LogP contribution in [0, 0.1) is 6.92 Å². The third-order valence-electron chi connectivity index (χ3n) is 6.83. The lowest BCUT2D eigenvalue weighted by atomic mass is 9.96. The number of aromatic nitrogens is 6. The number of fused-ring (bicyclic) bond motifs is 2. The van der Waals surface area contributed by atoms with Gasteiger partial charge in [-0.1, -0.05) is 19.1 Å². The number of ether oxygens (including phenoxy) is 2. The van der Waals surface area contributed by atoms with Crippen molar-refractivity contribution in [2.24, 2.45) is 0 Å². The number of methoxy groups -OCH3 is 1. The van der Waals surface area contributed by atoms with Crippen molar-refractivity contribution in [3.8, 4) is 17.2 Å². The molecule has 0 bridgehead atoms. The summed E-state index contributed by atoms with van der Waals surface area (Å²) in [6, 6.07) is 10.5. The summed E-state index contributed by atoms with van der Waals surface area (Å²) >= 11 is 0. The first-order chi connectivity index (χ1) is 17.6. The van der Waals surface area contributed by atoms with E-state index < -0.39 is 0 Å². The first-order valence-corrected chi connectivity index (χ1v) is 12.3. The summed E-state index contributed by atoms with van der Waals surface area (Å²) in [5, 5.41) is 0. The molecule has 1 atom stereocenters. The molecule has 1 aliphatic rings. The SMILES string of the molecule is CCc1ccc(C2CCc3cc(Cn4cnc5cc(-n6ccnc6C)cnc54)cc(OC)c3O2)cn1. The van der Waals surface area contributed by atoms with Crippen LogP contribution in [0.1, 0.15) is 47.7 Å². The minimum absolute atomic E-state index is 0.0224. The molecule has 5 heterocycles. The first-order valence-electron chi connectivity index (χ1n) is 12.3. The Hall–Kier alpha value is -4.20. The van der Waals surface area contributed by atoms with Crippen LogP contribution in [0.15, 0.2) is 61.4 Å². The molecule has 5 aromatic rings. The summed E-state index contributed by atoms with van der Waals surface area (Å²) in [6.07, 6.45) is 12.1. The van der Waals surface area contributed by atoms with Crippen LogP contribution in [-0.4, -0.2) is 36.2 Å². The minimum atomic E-state index is -0.0224. The smallest absolute Gasteiger partial charge is 0.165 e. The molecule has 0 aliphatic carbocycles. The molecule has 0 fully saturated rings. The third-order valence-corrected chi connectivity index (χ3v) is 6.83. The highest BCUT2D eigenvalue weighted by Crippen LogP contribution is 2.42. The van der Waals surface area contributed by atoms with Crippen molar-refractivity contribution < 1.29 is 9.47 Å². The lowest BCUT2D eigenvalue weighted by molar-refractivity contribution is 0.168. The van der Waals surface area contributed by atoms with Gasteiger partial charge in [-0.2, -0.15) is 0 Å². The monoisotopic (exact) mass is 480 g/mol. The van der Waals surface area contributed by atoms with Crippen molar-refractivity contribution in [2.45, 2.75) is 45.8 Å². The van der Waals surface area contributed by atoms with Gasteiger partial charge in [0, 0.05) is 29.8 Å². The van der Waals surface area contributed by atoms with E-state index in [2.05, 4.69) is 50.7 Å². The van der Waals surface area contributed by atoms with Crippen LogP contribution in [0.5, 0.6) is 11.5 Å². The maximum absolute atomic E-state index is 6.43. The highest BCUT2D eigenvalue weighted by atomic mass is 16.5. The summed E-state index contributed by atoms with van der Waals surface area (Å²) < 4.78 is 16.3. The molecule has 0 radical (unpaired) electrons. The fourth-order valence-electron chi connectivity index (χ4n) is 4.88. The quantitative estimate of drug-likeness (QED) is 0.340. The number of nitrogens with zero attached hydrogens (tertiary/aromatic N) is 6. The second-order valence-corrected chi connectivity index (χ2v) is 9.12. The first kappa shape index (κ1) is 22.3. The molecule has 8 heteroatoms. The zero-order valence-corrected chi connectivity index (χ0v) is 20.7. The molecule has 4 aromatic heterocycles. The van der Waals surface area contributed by atoms with Crippen LogP contribution < -0.4 is 9.47 Å². The van der Waals surface area contributed by atoms with Gasteiger partial charge in [0.15, 0.2) is 17.1 Å². The zero-order chi connectivity index (χ0) is 24.6. The molecule has 6 rings (SSSR count). The maximum atomic E-state index is 6.43. The van der Waals surface area contributed by atoms with Crippen molar-refractivity contribution in [2.75, 3.05) is 7.11 Å². The van der Waals surface area contributed by atoms with E-state index in [9.17, 15) is 0 Å². The standard InChI is InChI=1S/C28H28N6O2/c1-4-22-7-5-21(14-30-22)25-8-6-20-11-19(12-26(35-3)27(20)36-25)16-33-17-32-24-13-23(15-31-28(24)33)34-10-9-29-18(34)2/h5,7,9-15,17,25H,4,6,8,16H2,1-3H3. The molecule has 182 valence electrons. The van der Waals surface area contributed by atoms with Gasteiger partial charge < -0.3 is 18.6 Å². The Morgan fingerprint density at radius 2 is 2.00 bits per heavy atom. The van der Waals surface area contributed by atoms with Gasteiger partial charge in [0.05, 0.1) is 31.9 Å². The second-order valence-electron chi connectivity index (χ2n) is 9.12. The molecule has 1 unspecified atom stereocenters. The van der Waals surface area contributed by atoms with E-state index in [4.69, 9.17) is 14.5 Å². The molecule has 0 saturated heterocycles. The minimum Gasteiger partial charge on any atom is -0.493 e. The number of rotatable bonds is 6. The number of hydrogen-bond acceptors (Lipinski definition) is 6. The molecule has 1 aromatic carbocycles. The number of aryl methyl sites for hydroxylation is 3. The summed E-state index contributed by atoms with van der Waals surface area (Å²) in [7, 11) is 1.69. The van der Waals surface area contributed by atoms with Crippen molar-refractivity contribution in [3.63, 3.8) is 0 Å². The fourth-order valence-corrected chi connectivity index (χ4v) is 4.88. The Morgan fingerprint density at radius 3 is 2.75 bits per heavy atom. The molecular weight excluding hydrogens is 452 g/mol. The van der Waals surface area contributed by atoms with E-state index in [1.54, 1.807) is 13.3 Å². The summed E-state index contributed by atoms with van der Waals surface area (Å²) in [5.74, 6) is 2.49. The molecule has 0 N–H and O–H groups in total. The van der Waals surface area contributed by atoms with E-state index >= 15 is 0 Å².